The van der Waals surface area contributed by atoms with Crippen LogP contribution in [-0.4, -0.2) is 25.6 Å². The summed E-state index contributed by atoms with van der Waals surface area (Å²) in [7, 11) is 0. The Hall–Kier alpha value is -3.04. The lowest BCUT2D eigenvalue weighted by atomic mass is 9.97. The average Bonchev–Trinajstić information content (AvgIpc) is 2.91. The lowest BCUT2D eigenvalue weighted by Crippen LogP contribution is -2.25. The van der Waals surface area contributed by atoms with E-state index in [1.54, 1.807) is 52.0 Å². The van der Waals surface area contributed by atoms with Crippen molar-refractivity contribution in [1.29, 1.82) is 0 Å². The second-order valence-corrected chi connectivity index (χ2v) is 7.48. The van der Waals surface area contributed by atoms with Crippen LogP contribution in [0.4, 0.5) is 0 Å². The fraction of sp³-hybridized carbons (Fsp3) is 0.250. The van der Waals surface area contributed by atoms with Crippen molar-refractivity contribution < 1.29 is 14.6 Å². The molecule has 1 N–H and O–H groups in total. The lowest BCUT2D eigenvalue weighted by Gasteiger charge is -2.17. The molecule has 6 nitrogen and oxygen atoms in total. The van der Waals surface area contributed by atoms with E-state index in [9.17, 15) is 9.90 Å². The van der Waals surface area contributed by atoms with Crippen LogP contribution in [0.15, 0.2) is 30.6 Å². The van der Waals surface area contributed by atoms with E-state index in [4.69, 9.17) is 16.3 Å². The van der Waals surface area contributed by atoms with Gasteiger partial charge in [-0.25, -0.2) is 14.5 Å². The molecule has 138 valence electrons. The highest BCUT2D eigenvalue weighted by Gasteiger charge is 2.30. The largest absolute Gasteiger partial charge is 0.493 e. The summed E-state index contributed by atoms with van der Waals surface area (Å²) in [6.07, 6.45) is 1.36. The number of fused-ring (bicyclic) bond motifs is 1. The number of halogens is 1. The summed E-state index contributed by atoms with van der Waals surface area (Å²) < 4.78 is 6.75. The van der Waals surface area contributed by atoms with E-state index in [-0.39, 0.29) is 23.0 Å². The van der Waals surface area contributed by atoms with Crippen LogP contribution < -0.4 is 4.74 Å². The number of carbonyl (C=O) groups excluding carboxylic acids is 1. The molecule has 2 heterocycles. The van der Waals surface area contributed by atoms with Gasteiger partial charge in [0.2, 0.25) is 5.88 Å². The summed E-state index contributed by atoms with van der Waals surface area (Å²) >= 11 is 5.86. The van der Waals surface area contributed by atoms with Gasteiger partial charge in [-0.3, -0.25) is 4.79 Å². The topological polar surface area (TPSA) is 77.2 Å². The normalized spacial score (nSPS) is 11.1. The molecule has 0 atom stereocenters. The Kier molecular flexibility index (Phi) is 4.81. The van der Waals surface area contributed by atoms with Crippen molar-refractivity contribution >= 4 is 17.6 Å². The zero-order valence-electron chi connectivity index (χ0n) is 15.4. The highest BCUT2D eigenvalue weighted by molar-refractivity contribution is 6.30. The smallest absolute Gasteiger partial charge is 0.316 e. The third-order valence-electron chi connectivity index (χ3n) is 3.77. The summed E-state index contributed by atoms with van der Waals surface area (Å²) in [5, 5.41) is 11.3. The van der Waals surface area contributed by atoms with E-state index in [1.165, 1.54) is 10.9 Å². The molecule has 0 fully saturated rings. The number of aromatic hydroxyl groups is 1. The first-order valence-corrected chi connectivity index (χ1v) is 8.61. The number of aromatic nitrogens is 3. The van der Waals surface area contributed by atoms with Crippen LogP contribution in [0, 0.1) is 24.3 Å². The standard InChI is InChI=1S/C20H18ClN3O3/c1-12-16(27-19(26)20(2,3)4)15-17(23-12)22-11-24(18(15)25)10-9-13-5-7-14(21)8-6-13/h5-8,11,25H,1-4H3. The van der Waals surface area contributed by atoms with Crippen molar-refractivity contribution in [3.63, 3.8) is 0 Å². The zero-order valence-corrected chi connectivity index (χ0v) is 16.1. The predicted molar refractivity (Wildman–Crippen MR) is 102 cm³/mol. The Labute approximate surface area is 162 Å². The molecule has 0 bridgehead atoms. The molecule has 0 saturated carbocycles. The number of esters is 1. The predicted octanol–water partition coefficient (Wildman–Crippen LogP) is 3.86. The van der Waals surface area contributed by atoms with Gasteiger partial charge in [-0.1, -0.05) is 11.6 Å². The fourth-order valence-electron chi connectivity index (χ4n) is 2.24. The van der Waals surface area contributed by atoms with Crippen LogP contribution in [0.1, 0.15) is 32.0 Å². The first-order chi connectivity index (χ1) is 12.7. The Morgan fingerprint density at radius 3 is 2.56 bits per heavy atom. The molecule has 1 aromatic carbocycles. The minimum Gasteiger partial charge on any atom is -0.493 e. The Bertz CT molecular complexity index is 1040. The van der Waals surface area contributed by atoms with Crippen LogP contribution in [0.3, 0.4) is 0 Å². The fourth-order valence-corrected chi connectivity index (χ4v) is 2.37. The molecule has 0 radical (unpaired) electrons. The van der Waals surface area contributed by atoms with E-state index >= 15 is 0 Å². The monoisotopic (exact) mass is 383 g/mol. The number of aryl methyl sites for hydroxylation is 1. The van der Waals surface area contributed by atoms with Crippen molar-refractivity contribution in [3.05, 3.63) is 46.9 Å². The van der Waals surface area contributed by atoms with E-state index in [0.717, 1.165) is 5.56 Å². The molecule has 0 unspecified atom stereocenters. The van der Waals surface area contributed by atoms with Gasteiger partial charge in [-0.05, 0) is 57.9 Å². The second kappa shape index (κ2) is 6.93. The molecule has 7 heteroatoms. The summed E-state index contributed by atoms with van der Waals surface area (Å²) in [5.74, 6) is 2.76. The van der Waals surface area contributed by atoms with Gasteiger partial charge in [-0.2, -0.15) is 0 Å². The number of benzene rings is 1. The molecule has 2 aliphatic rings. The van der Waals surface area contributed by atoms with Crippen molar-refractivity contribution in [2.45, 2.75) is 27.7 Å². The molecule has 0 saturated heterocycles. The number of hydrogen-bond acceptors (Lipinski definition) is 5. The SMILES string of the molecule is Cc1nc2ncn(C#Cc3ccc(Cl)cc3)c(O)c-2c1OC(=O)C(C)(C)C. The maximum Gasteiger partial charge on any atom is 0.316 e. The third-order valence-corrected chi connectivity index (χ3v) is 4.02. The van der Waals surface area contributed by atoms with Gasteiger partial charge in [0.1, 0.15) is 11.9 Å². The highest BCUT2D eigenvalue weighted by atomic mass is 35.5. The summed E-state index contributed by atoms with van der Waals surface area (Å²) in [5.41, 5.74) is 0.743. The zero-order chi connectivity index (χ0) is 19.8. The van der Waals surface area contributed by atoms with E-state index < -0.39 is 11.4 Å². The molecule has 0 spiro atoms. The van der Waals surface area contributed by atoms with Gasteiger partial charge in [0.15, 0.2) is 11.6 Å². The van der Waals surface area contributed by atoms with Crippen LogP contribution >= 0.6 is 11.6 Å². The van der Waals surface area contributed by atoms with E-state index in [1.807, 2.05) is 0 Å². The summed E-state index contributed by atoms with van der Waals surface area (Å²) in [4.78, 5) is 20.7. The Morgan fingerprint density at radius 2 is 1.93 bits per heavy atom. The quantitative estimate of drug-likeness (QED) is 0.510. The molecule has 1 aromatic rings. The minimum atomic E-state index is -0.696. The van der Waals surface area contributed by atoms with Crippen LogP contribution in [0.25, 0.3) is 11.4 Å². The molecule has 0 amide bonds. The summed E-state index contributed by atoms with van der Waals surface area (Å²) in [6, 6.07) is 9.80. The average molecular weight is 384 g/mol. The molecule has 0 aliphatic carbocycles. The van der Waals surface area contributed by atoms with Crippen molar-refractivity contribution in [2.24, 2.45) is 5.41 Å². The van der Waals surface area contributed by atoms with Crippen molar-refractivity contribution in [3.8, 4) is 35.0 Å². The minimum absolute atomic E-state index is 0.192. The lowest BCUT2D eigenvalue weighted by molar-refractivity contribution is -0.143. The molecule has 27 heavy (non-hydrogen) atoms. The number of ether oxygens (including phenoxy) is 1. The summed E-state index contributed by atoms with van der Waals surface area (Å²) in [6.45, 7) is 6.94. The van der Waals surface area contributed by atoms with Gasteiger partial charge in [0.25, 0.3) is 0 Å². The van der Waals surface area contributed by atoms with Crippen molar-refractivity contribution in [1.82, 2.24) is 14.5 Å². The van der Waals surface area contributed by atoms with Gasteiger partial charge < -0.3 is 9.84 Å². The molecule has 3 rings (SSSR count). The van der Waals surface area contributed by atoms with Crippen LogP contribution in [0.5, 0.6) is 11.6 Å². The van der Waals surface area contributed by atoms with E-state index in [0.29, 0.717) is 10.7 Å². The number of carbonyl (C=O) groups is 1. The van der Waals surface area contributed by atoms with Crippen molar-refractivity contribution in [2.75, 3.05) is 0 Å². The van der Waals surface area contributed by atoms with Crippen LogP contribution in [0.2, 0.25) is 5.02 Å². The maximum absolute atomic E-state index is 12.3. The first kappa shape index (κ1) is 18.7. The molecular weight excluding hydrogens is 366 g/mol. The molecule has 2 aliphatic heterocycles. The van der Waals surface area contributed by atoms with Crippen LogP contribution in [-0.2, 0) is 4.79 Å². The maximum atomic E-state index is 12.3. The number of nitrogens with zero attached hydrogens (tertiary/aromatic N) is 3. The first-order valence-electron chi connectivity index (χ1n) is 8.23. The highest BCUT2D eigenvalue weighted by Crippen LogP contribution is 2.40. The Balaban J connectivity index is 2.04. The van der Waals surface area contributed by atoms with Gasteiger partial charge in [0.05, 0.1) is 11.1 Å². The number of hydrogen-bond donors (Lipinski definition) is 1. The number of rotatable bonds is 1. The molecule has 0 aromatic heterocycles. The third kappa shape index (κ3) is 3.88. The molecular formula is C20H18ClN3O3. The van der Waals surface area contributed by atoms with E-state index in [2.05, 4.69) is 21.9 Å². The second-order valence-electron chi connectivity index (χ2n) is 7.05. The van der Waals surface area contributed by atoms with Gasteiger partial charge in [0, 0.05) is 16.6 Å². The van der Waals surface area contributed by atoms with Gasteiger partial charge >= 0.3 is 5.97 Å². The Morgan fingerprint density at radius 1 is 1.26 bits per heavy atom. The van der Waals surface area contributed by atoms with Gasteiger partial charge in [-0.15, -0.1) is 0 Å².